The van der Waals surface area contributed by atoms with Crippen LogP contribution in [0.5, 0.6) is 0 Å². The Morgan fingerprint density at radius 3 is 1.73 bits per heavy atom. The highest BCUT2D eigenvalue weighted by Gasteiger charge is 2.48. The molecule has 1 spiro atoms. The van der Waals surface area contributed by atoms with Crippen molar-refractivity contribution >= 4 is 78.2 Å². The second-order valence-corrected chi connectivity index (χ2v) is 19.4. The molecule has 2 atom stereocenters. The Morgan fingerprint density at radius 2 is 1.12 bits per heavy atom. The van der Waals surface area contributed by atoms with Crippen LogP contribution >= 0.6 is 22.7 Å². The van der Waals surface area contributed by atoms with Crippen molar-refractivity contribution in [2.45, 2.75) is 76.2 Å². The molecule has 14 heteroatoms. The summed E-state index contributed by atoms with van der Waals surface area (Å²) in [4.78, 5) is 49.4. The highest BCUT2D eigenvalue weighted by Crippen LogP contribution is 2.56. The number of nitrogens with zero attached hydrogens (tertiary/aromatic N) is 8. The first-order chi connectivity index (χ1) is 32.8. The van der Waals surface area contributed by atoms with Crippen LogP contribution in [-0.2, 0) is 21.5 Å². The SMILES string of the molecule is N#CC(C#N)=C1C(=Nc2nc3c(s2)C2=CC4C=C5OC6(CCCCC6)c6nc(N=C7C(=O)c8ccccc8C7=C(C#N)C#N)sc6C5=CC4C=C2OCCCCCCC3)C(=O)c2ccccc21. The number of nitriles is 4. The fourth-order valence-corrected chi connectivity index (χ4v) is 12.5. The van der Waals surface area contributed by atoms with Crippen molar-refractivity contribution in [3.05, 3.63) is 139 Å². The highest BCUT2D eigenvalue weighted by molar-refractivity contribution is 7.17. The lowest BCUT2D eigenvalue weighted by Gasteiger charge is -2.43. The fourth-order valence-electron chi connectivity index (χ4n) is 10.4. The molecule has 0 N–H and O–H groups in total. The number of Topliss-reactive ketones (excluding diaryl/α,β-unsaturated/α-hetero) is 2. The van der Waals surface area contributed by atoms with Crippen LogP contribution in [0.15, 0.2) is 105 Å². The molecule has 5 aliphatic carbocycles. The largest absolute Gasteiger partial charge is 0.493 e. The van der Waals surface area contributed by atoms with Crippen LogP contribution in [0.2, 0.25) is 0 Å². The van der Waals surface area contributed by atoms with Gasteiger partial charge in [0.2, 0.25) is 21.8 Å². The molecule has 12 nitrogen and oxygen atoms in total. The summed E-state index contributed by atoms with van der Waals surface area (Å²) in [5, 5.41) is 40.5. The third kappa shape index (κ3) is 7.04. The van der Waals surface area contributed by atoms with Crippen molar-refractivity contribution in [2.24, 2.45) is 21.8 Å². The van der Waals surface area contributed by atoms with Crippen LogP contribution in [0.25, 0.3) is 22.3 Å². The number of benzene rings is 2. The molecular formula is C53H38N8O4S2. The second-order valence-electron chi connectivity index (χ2n) is 17.5. The number of carbonyl (C=O) groups excluding carboxylic acids is 2. The van der Waals surface area contributed by atoms with E-state index >= 15 is 0 Å². The fraction of sp³-hybridized carbons (Fsp3) is 0.283. The number of rotatable bonds is 2. The molecule has 2 aliphatic heterocycles. The average molecular weight is 915 g/mol. The summed E-state index contributed by atoms with van der Waals surface area (Å²) >= 11 is 2.77. The number of aromatic nitrogens is 2. The molecule has 2 aromatic carbocycles. The van der Waals surface area contributed by atoms with E-state index in [9.17, 15) is 30.6 Å². The van der Waals surface area contributed by atoms with E-state index in [4.69, 9.17) is 29.4 Å². The van der Waals surface area contributed by atoms with Gasteiger partial charge in [0, 0.05) is 45.3 Å². The van der Waals surface area contributed by atoms with Crippen LogP contribution < -0.4 is 0 Å². The normalized spacial score (nSPS) is 22.3. The third-order valence-corrected chi connectivity index (χ3v) is 15.5. The van der Waals surface area contributed by atoms with Gasteiger partial charge in [-0.2, -0.15) is 21.0 Å². The van der Waals surface area contributed by atoms with Gasteiger partial charge >= 0.3 is 0 Å². The van der Waals surface area contributed by atoms with Gasteiger partial charge in [0.05, 0.1) is 22.1 Å². The molecular weight excluding hydrogens is 877 g/mol. The molecule has 2 unspecified atom stereocenters. The molecule has 0 bridgehead atoms. The number of aliphatic imine (C=N–C) groups is 2. The van der Waals surface area contributed by atoms with Gasteiger partial charge in [-0.15, -0.1) is 0 Å². The average Bonchev–Trinajstić information content (AvgIpc) is 4.10. The number of fused-ring (bicyclic) bond motifs is 10. The Hall–Kier alpha value is -7.62. The Morgan fingerprint density at radius 1 is 0.612 bits per heavy atom. The summed E-state index contributed by atoms with van der Waals surface area (Å²) in [5.74, 6) is 0.582. The van der Waals surface area contributed by atoms with Gasteiger partial charge in [0.25, 0.3) is 0 Å². The van der Waals surface area contributed by atoms with Crippen molar-refractivity contribution in [2.75, 3.05) is 6.61 Å². The summed E-state index contributed by atoms with van der Waals surface area (Å²) < 4.78 is 13.8. The number of carbonyl (C=O) groups is 2. The number of allylic oxidation sites excluding steroid dienone is 10. The van der Waals surface area contributed by atoms with Crippen molar-refractivity contribution in [1.29, 1.82) is 21.0 Å². The molecule has 326 valence electrons. The summed E-state index contributed by atoms with van der Waals surface area (Å²) in [6.45, 7) is 0.542. The maximum absolute atomic E-state index is 13.9. The first-order valence-electron chi connectivity index (χ1n) is 22.6. The van der Waals surface area contributed by atoms with Crippen molar-refractivity contribution in [3.63, 3.8) is 0 Å². The van der Waals surface area contributed by atoms with Gasteiger partial charge in [-0.05, 0) is 68.2 Å². The number of ketones is 2. The number of hydrogen-bond donors (Lipinski definition) is 0. The molecule has 0 amide bonds. The monoisotopic (exact) mass is 914 g/mol. The highest BCUT2D eigenvalue weighted by atomic mass is 32.1. The topological polar surface area (TPSA) is 198 Å². The molecule has 1 saturated carbocycles. The number of ether oxygens (including phenoxy) is 2. The van der Waals surface area contributed by atoms with Gasteiger partial charge in [-0.1, -0.05) is 109 Å². The van der Waals surface area contributed by atoms with E-state index in [1.54, 1.807) is 48.5 Å². The lowest BCUT2D eigenvalue weighted by atomic mass is 9.75. The Balaban J connectivity index is 1.01. The predicted octanol–water partition coefficient (Wildman–Crippen LogP) is 11.3. The first-order valence-corrected chi connectivity index (χ1v) is 24.2. The van der Waals surface area contributed by atoms with Crippen LogP contribution in [0, 0.1) is 57.2 Å². The van der Waals surface area contributed by atoms with E-state index in [-0.39, 0.29) is 57.1 Å². The molecule has 67 heavy (non-hydrogen) atoms. The maximum atomic E-state index is 13.9. The van der Waals surface area contributed by atoms with Crippen molar-refractivity contribution in [3.8, 4) is 24.3 Å². The molecule has 1 fully saturated rings. The summed E-state index contributed by atoms with van der Waals surface area (Å²) in [5.41, 5.74) is 4.77. The number of aryl methyl sites for hydroxylation is 1. The zero-order valence-corrected chi connectivity index (χ0v) is 37.7. The zero-order chi connectivity index (χ0) is 45.8. The van der Waals surface area contributed by atoms with E-state index in [1.165, 1.54) is 22.7 Å². The quantitative estimate of drug-likeness (QED) is 0.174. The minimum Gasteiger partial charge on any atom is -0.493 e. The number of thiazole rings is 2. The van der Waals surface area contributed by atoms with E-state index < -0.39 is 5.60 Å². The van der Waals surface area contributed by atoms with Gasteiger partial charge in [-0.25, -0.2) is 20.0 Å². The zero-order valence-electron chi connectivity index (χ0n) is 36.1. The molecule has 4 heterocycles. The van der Waals surface area contributed by atoms with Crippen LogP contribution in [-0.4, -0.2) is 39.6 Å². The van der Waals surface area contributed by atoms with E-state index in [0.717, 1.165) is 108 Å². The summed E-state index contributed by atoms with van der Waals surface area (Å²) in [7, 11) is 0. The lowest BCUT2D eigenvalue weighted by Crippen LogP contribution is -2.37. The first kappa shape index (κ1) is 42.0. The number of hydrogen-bond acceptors (Lipinski definition) is 14. The molecule has 0 saturated heterocycles. The Bertz CT molecular complexity index is 3290. The van der Waals surface area contributed by atoms with Gasteiger partial charge in [0.1, 0.15) is 64.1 Å². The minimum atomic E-state index is -0.691. The molecule has 0 radical (unpaired) electrons. The molecule has 11 rings (SSSR count). The predicted molar refractivity (Wildman–Crippen MR) is 254 cm³/mol. The minimum absolute atomic E-state index is 0.0368. The van der Waals surface area contributed by atoms with E-state index in [1.807, 2.05) is 24.3 Å². The summed E-state index contributed by atoms with van der Waals surface area (Å²) in [6, 6.07) is 21.8. The van der Waals surface area contributed by atoms with Crippen molar-refractivity contribution < 1.29 is 19.1 Å². The van der Waals surface area contributed by atoms with E-state index in [0.29, 0.717) is 45.5 Å². The maximum Gasteiger partial charge on any atom is 0.212 e. The third-order valence-electron chi connectivity index (χ3n) is 13.5. The van der Waals surface area contributed by atoms with Crippen molar-refractivity contribution in [1.82, 2.24) is 9.97 Å². The van der Waals surface area contributed by atoms with Gasteiger partial charge in [-0.3, -0.25) is 9.59 Å². The summed E-state index contributed by atoms with van der Waals surface area (Å²) in [6.07, 6.45) is 19.1. The standard InChI is InChI=1S/C53H38N8O4S2/c54-25-31(26-55)42-33-13-6-8-15-35(33)46(62)44(42)59-51-58-39-17-5-2-1-3-12-20-64-40-23-29-22-38-41(24-30(29)21-37(40)48(39)66-51)65-53(18-10-4-11-19-53)50-49(38)67-52(61-50)60-45-43(32(27-56)28-57)34-14-7-9-16-36(34)47(45)63/h6-9,13-16,21-24,29-30H,1-5,10-12,17-20H2. The van der Waals surface area contributed by atoms with Crippen LogP contribution in [0.4, 0.5) is 10.3 Å². The van der Waals surface area contributed by atoms with Crippen LogP contribution in [0.3, 0.4) is 0 Å². The molecule has 4 aromatic rings. The lowest BCUT2D eigenvalue weighted by molar-refractivity contribution is -0.0356. The molecule has 7 aliphatic rings. The Kier molecular flexibility index (Phi) is 10.7. The molecule has 2 aromatic heterocycles. The van der Waals surface area contributed by atoms with E-state index in [2.05, 4.69) is 24.3 Å². The van der Waals surface area contributed by atoms with Crippen LogP contribution in [0.1, 0.15) is 117 Å². The Labute approximate surface area is 394 Å². The van der Waals surface area contributed by atoms with Gasteiger partial charge < -0.3 is 9.47 Å². The van der Waals surface area contributed by atoms with Gasteiger partial charge in [0.15, 0.2) is 5.60 Å². The smallest absolute Gasteiger partial charge is 0.212 e. The second kappa shape index (κ2) is 17.0.